The van der Waals surface area contributed by atoms with Gasteiger partial charge in [-0.15, -0.1) is 0 Å². The summed E-state index contributed by atoms with van der Waals surface area (Å²) in [5, 5.41) is 12.2. The minimum atomic E-state index is 0.330. The normalized spacial score (nSPS) is 15.4. The van der Waals surface area contributed by atoms with Crippen LogP contribution in [0, 0.1) is 0 Å². The fourth-order valence-corrected chi connectivity index (χ4v) is 2.92. The number of aliphatic hydroxyl groups excluding tert-OH is 1. The number of nitrogens with zero attached hydrogens (tertiary/aromatic N) is 1. The Hall–Kier alpha value is -1.06. The van der Waals surface area contributed by atoms with Crippen molar-refractivity contribution in [2.24, 2.45) is 0 Å². The zero-order chi connectivity index (χ0) is 14.8. The van der Waals surface area contributed by atoms with Crippen LogP contribution in [0.25, 0.3) is 0 Å². The minimum Gasteiger partial charge on any atom is -0.396 e. The van der Waals surface area contributed by atoms with Crippen molar-refractivity contribution in [3.63, 3.8) is 0 Å². The van der Waals surface area contributed by atoms with E-state index in [1.165, 1.54) is 56.4 Å². The van der Waals surface area contributed by atoms with Crippen LogP contribution >= 0.6 is 0 Å². The molecule has 0 spiro atoms. The first-order valence-electron chi connectivity index (χ1n) is 8.55. The summed E-state index contributed by atoms with van der Waals surface area (Å²) in [6.45, 7) is 4.78. The third-order valence-corrected chi connectivity index (χ3v) is 4.25. The summed E-state index contributed by atoms with van der Waals surface area (Å²) < 4.78 is 0. The van der Waals surface area contributed by atoms with Crippen LogP contribution in [0.15, 0.2) is 24.3 Å². The van der Waals surface area contributed by atoms with Crippen LogP contribution in [0.5, 0.6) is 0 Å². The van der Waals surface area contributed by atoms with Crippen molar-refractivity contribution in [2.75, 3.05) is 31.1 Å². The first-order valence-corrected chi connectivity index (χ1v) is 8.55. The molecule has 0 bridgehead atoms. The van der Waals surface area contributed by atoms with E-state index in [2.05, 4.69) is 34.5 Å². The van der Waals surface area contributed by atoms with Gasteiger partial charge in [-0.2, -0.15) is 0 Å². The quantitative estimate of drug-likeness (QED) is 0.685. The van der Waals surface area contributed by atoms with Gasteiger partial charge in [0.2, 0.25) is 0 Å². The van der Waals surface area contributed by atoms with Crippen LogP contribution < -0.4 is 10.2 Å². The monoisotopic (exact) mass is 290 g/mol. The Kier molecular flexibility index (Phi) is 7.61. The molecule has 1 aromatic carbocycles. The van der Waals surface area contributed by atoms with E-state index in [9.17, 15) is 0 Å². The number of rotatable bonds is 9. The highest BCUT2D eigenvalue weighted by Gasteiger charge is 2.10. The summed E-state index contributed by atoms with van der Waals surface area (Å²) in [5.41, 5.74) is 2.74. The zero-order valence-electron chi connectivity index (χ0n) is 13.2. The molecular formula is C18H30N2O. The van der Waals surface area contributed by atoms with Gasteiger partial charge in [0.15, 0.2) is 0 Å². The van der Waals surface area contributed by atoms with Crippen molar-refractivity contribution in [3.8, 4) is 0 Å². The summed E-state index contributed by atoms with van der Waals surface area (Å²) in [7, 11) is 0. The number of anilines is 1. The molecule has 21 heavy (non-hydrogen) atoms. The third kappa shape index (κ3) is 6.06. The van der Waals surface area contributed by atoms with Crippen molar-refractivity contribution in [1.82, 2.24) is 5.32 Å². The average Bonchev–Trinajstić information content (AvgIpc) is 2.55. The first-order chi connectivity index (χ1) is 10.4. The molecule has 1 aliphatic rings. The molecule has 0 aromatic heterocycles. The topological polar surface area (TPSA) is 35.5 Å². The van der Waals surface area contributed by atoms with Gasteiger partial charge < -0.3 is 15.3 Å². The van der Waals surface area contributed by atoms with Gasteiger partial charge in [-0.3, -0.25) is 0 Å². The van der Waals surface area contributed by atoms with E-state index in [1.54, 1.807) is 0 Å². The van der Waals surface area contributed by atoms with Crippen LogP contribution in [0.1, 0.15) is 50.5 Å². The predicted molar refractivity (Wildman–Crippen MR) is 89.8 cm³/mol. The Morgan fingerprint density at radius 2 is 1.62 bits per heavy atom. The van der Waals surface area contributed by atoms with Gasteiger partial charge in [-0.25, -0.2) is 0 Å². The first kappa shape index (κ1) is 16.3. The number of hydrogen-bond acceptors (Lipinski definition) is 3. The number of benzene rings is 1. The Morgan fingerprint density at radius 1 is 0.905 bits per heavy atom. The molecule has 0 aliphatic carbocycles. The van der Waals surface area contributed by atoms with Crippen LogP contribution in [-0.4, -0.2) is 31.3 Å². The van der Waals surface area contributed by atoms with Crippen LogP contribution in [0.2, 0.25) is 0 Å². The Morgan fingerprint density at radius 3 is 2.33 bits per heavy atom. The van der Waals surface area contributed by atoms with Crippen molar-refractivity contribution in [1.29, 1.82) is 0 Å². The Bertz CT molecular complexity index is 371. The van der Waals surface area contributed by atoms with Gasteiger partial charge in [0.25, 0.3) is 0 Å². The number of nitrogens with one attached hydrogen (secondary N) is 1. The van der Waals surface area contributed by atoms with E-state index >= 15 is 0 Å². The molecule has 118 valence electrons. The molecule has 2 N–H and O–H groups in total. The molecule has 0 unspecified atom stereocenters. The molecule has 3 nitrogen and oxygen atoms in total. The van der Waals surface area contributed by atoms with Crippen LogP contribution in [0.3, 0.4) is 0 Å². The van der Waals surface area contributed by atoms with E-state index < -0.39 is 0 Å². The fraction of sp³-hybridized carbons (Fsp3) is 0.667. The Labute approximate surface area is 129 Å². The maximum absolute atomic E-state index is 8.72. The third-order valence-electron chi connectivity index (χ3n) is 4.25. The van der Waals surface area contributed by atoms with Gasteiger partial charge in [-0.05, 0) is 56.3 Å². The predicted octanol–water partition coefficient (Wildman–Crippen LogP) is 3.32. The summed E-state index contributed by atoms with van der Waals surface area (Å²) in [4.78, 5) is 2.50. The lowest BCUT2D eigenvalue weighted by molar-refractivity contribution is 0.282. The molecule has 0 radical (unpaired) electrons. The highest BCUT2D eigenvalue weighted by molar-refractivity contribution is 5.47. The molecule has 3 heteroatoms. The zero-order valence-corrected chi connectivity index (χ0v) is 13.2. The summed E-state index contributed by atoms with van der Waals surface area (Å²) in [6.07, 6.45) is 8.55. The summed E-state index contributed by atoms with van der Waals surface area (Å²) >= 11 is 0. The van der Waals surface area contributed by atoms with Gasteiger partial charge in [0, 0.05) is 31.9 Å². The molecule has 1 fully saturated rings. The highest BCUT2D eigenvalue weighted by atomic mass is 16.2. The largest absolute Gasteiger partial charge is 0.396 e. The van der Waals surface area contributed by atoms with E-state index in [0.29, 0.717) is 6.61 Å². The smallest absolute Gasteiger partial charge is 0.0431 e. The number of piperidine rings is 1. The summed E-state index contributed by atoms with van der Waals surface area (Å²) in [5.74, 6) is 0. The van der Waals surface area contributed by atoms with Crippen molar-refractivity contribution in [2.45, 2.75) is 51.5 Å². The van der Waals surface area contributed by atoms with Gasteiger partial charge in [0.05, 0.1) is 0 Å². The molecule has 1 heterocycles. The maximum atomic E-state index is 8.72. The molecular weight excluding hydrogens is 260 g/mol. The van der Waals surface area contributed by atoms with Gasteiger partial charge >= 0.3 is 0 Å². The van der Waals surface area contributed by atoms with Crippen molar-refractivity contribution >= 4 is 5.69 Å². The van der Waals surface area contributed by atoms with E-state index in [-0.39, 0.29) is 0 Å². The standard InChI is InChI=1S/C18H30N2O/c21-15-7-2-1-4-12-19-16-17-8-10-18(11-9-17)20-13-5-3-6-14-20/h8-11,19,21H,1-7,12-16H2. The highest BCUT2D eigenvalue weighted by Crippen LogP contribution is 2.20. The second-order valence-electron chi connectivity index (χ2n) is 6.03. The molecule has 1 saturated heterocycles. The summed E-state index contributed by atoms with van der Waals surface area (Å²) in [6, 6.07) is 9.04. The SMILES string of the molecule is OCCCCCCNCc1ccc(N2CCCCC2)cc1. The molecule has 1 aliphatic heterocycles. The molecule has 0 saturated carbocycles. The maximum Gasteiger partial charge on any atom is 0.0431 e. The van der Waals surface area contributed by atoms with Crippen LogP contribution in [-0.2, 0) is 6.54 Å². The molecule has 2 rings (SSSR count). The van der Waals surface area contributed by atoms with E-state index in [4.69, 9.17) is 5.11 Å². The lowest BCUT2D eigenvalue weighted by Gasteiger charge is -2.28. The lowest BCUT2D eigenvalue weighted by atomic mass is 10.1. The second-order valence-corrected chi connectivity index (χ2v) is 6.03. The molecule has 1 aromatic rings. The number of aliphatic hydroxyl groups is 1. The lowest BCUT2D eigenvalue weighted by Crippen LogP contribution is -2.29. The van der Waals surface area contributed by atoms with Crippen LogP contribution in [0.4, 0.5) is 5.69 Å². The fourth-order valence-electron chi connectivity index (χ4n) is 2.92. The molecule has 0 atom stereocenters. The number of hydrogen-bond donors (Lipinski definition) is 2. The van der Waals surface area contributed by atoms with Crippen molar-refractivity contribution in [3.05, 3.63) is 29.8 Å². The minimum absolute atomic E-state index is 0.330. The van der Waals surface area contributed by atoms with Gasteiger partial charge in [-0.1, -0.05) is 25.0 Å². The number of unbranched alkanes of at least 4 members (excludes halogenated alkanes) is 3. The second kappa shape index (κ2) is 9.80. The average molecular weight is 290 g/mol. The van der Waals surface area contributed by atoms with E-state index in [0.717, 1.165) is 25.9 Å². The molecule has 0 amide bonds. The van der Waals surface area contributed by atoms with Gasteiger partial charge in [0.1, 0.15) is 0 Å². The van der Waals surface area contributed by atoms with E-state index in [1.807, 2.05) is 0 Å². The Balaban J connectivity index is 1.63. The van der Waals surface area contributed by atoms with Crippen molar-refractivity contribution < 1.29 is 5.11 Å².